The van der Waals surface area contributed by atoms with Gasteiger partial charge in [0.1, 0.15) is 0 Å². The molecule has 1 saturated carbocycles. The molecule has 0 spiro atoms. The molecule has 1 heterocycles. The van der Waals surface area contributed by atoms with Crippen molar-refractivity contribution in [3.05, 3.63) is 29.6 Å². The number of nitrogens with zero attached hydrogens (tertiary/aromatic N) is 1. The van der Waals surface area contributed by atoms with E-state index in [2.05, 4.69) is 4.90 Å². The number of benzene rings is 1. The number of halogens is 1. The van der Waals surface area contributed by atoms with E-state index in [1.807, 2.05) is 12.1 Å². The van der Waals surface area contributed by atoms with Crippen LogP contribution in [0.5, 0.6) is 5.75 Å². The van der Waals surface area contributed by atoms with E-state index in [-0.39, 0.29) is 11.4 Å². The van der Waals surface area contributed by atoms with Gasteiger partial charge in [-0.1, -0.05) is 12.1 Å². The molecule has 2 fully saturated rings. The highest BCUT2D eigenvalue weighted by Gasteiger charge is 2.50. The first kappa shape index (κ1) is 11.9. The molecule has 1 aromatic carbocycles. The van der Waals surface area contributed by atoms with E-state index in [0.29, 0.717) is 23.8 Å². The van der Waals surface area contributed by atoms with Gasteiger partial charge in [-0.05, 0) is 24.8 Å². The van der Waals surface area contributed by atoms with Crippen LogP contribution in [-0.4, -0.2) is 30.6 Å². The maximum absolute atomic E-state index is 14.0. The van der Waals surface area contributed by atoms with E-state index < -0.39 is 0 Å². The van der Waals surface area contributed by atoms with Crippen LogP contribution in [0.3, 0.4) is 0 Å². The number of hydrogen-bond donors (Lipinski definition) is 1. The Bertz CT molecular complexity index is 453. The summed E-state index contributed by atoms with van der Waals surface area (Å²) >= 11 is 0. The van der Waals surface area contributed by atoms with Gasteiger partial charge in [0.05, 0.1) is 7.11 Å². The second-order valence-corrected chi connectivity index (χ2v) is 5.59. The Hall–Kier alpha value is -1.13. The summed E-state index contributed by atoms with van der Waals surface area (Å²) in [4.78, 5) is 2.20. The molecule has 0 unspecified atom stereocenters. The Morgan fingerprint density at radius 1 is 1.44 bits per heavy atom. The van der Waals surface area contributed by atoms with E-state index in [1.54, 1.807) is 6.07 Å². The van der Waals surface area contributed by atoms with Crippen LogP contribution in [0.4, 0.5) is 4.39 Å². The van der Waals surface area contributed by atoms with Crippen LogP contribution in [0.15, 0.2) is 18.2 Å². The van der Waals surface area contributed by atoms with E-state index in [1.165, 1.54) is 20.0 Å². The molecule has 2 aliphatic rings. The highest BCUT2D eigenvalue weighted by atomic mass is 19.1. The number of ether oxygens (including phenoxy) is 1. The quantitative estimate of drug-likeness (QED) is 0.885. The van der Waals surface area contributed by atoms with Crippen molar-refractivity contribution in [3.63, 3.8) is 0 Å². The molecule has 2 N–H and O–H groups in total. The van der Waals surface area contributed by atoms with Crippen LogP contribution < -0.4 is 10.5 Å². The summed E-state index contributed by atoms with van der Waals surface area (Å²) in [7, 11) is 1.49. The zero-order valence-electron chi connectivity index (χ0n) is 10.7. The standard InChI is InChI=1S/C14H19FN2O/c1-18-12-4-2-3-10(13(12)15)7-17-8-14(16,9-17)11-5-6-11/h2-4,11H,5-9,16H2,1H3. The average molecular weight is 250 g/mol. The molecule has 0 bridgehead atoms. The molecule has 1 aliphatic carbocycles. The summed E-state index contributed by atoms with van der Waals surface area (Å²) in [5.74, 6) is 0.763. The van der Waals surface area contributed by atoms with E-state index in [9.17, 15) is 4.39 Å². The first-order chi connectivity index (χ1) is 8.62. The van der Waals surface area contributed by atoms with Crippen molar-refractivity contribution in [2.45, 2.75) is 24.9 Å². The molecule has 0 atom stereocenters. The van der Waals surface area contributed by atoms with Crippen molar-refractivity contribution >= 4 is 0 Å². The Labute approximate surface area is 107 Å². The lowest BCUT2D eigenvalue weighted by Gasteiger charge is -2.48. The van der Waals surface area contributed by atoms with Crippen LogP contribution in [0.2, 0.25) is 0 Å². The molecule has 1 aliphatic heterocycles. The molecule has 0 amide bonds. The van der Waals surface area contributed by atoms with Gasteiger partial charge in [-0.2, -0.15) is 0 Å². The summed E-state index contributed by atoms with van der Waals surface area (Å²) in [6.07, 6.45) is 2.52. The zero-order valence-corrected chi connectivity index (χ0v) is 10.7. The Balaban J connectivity index is 1.64. The molecule has 1 aromatic rings. The molecule has 98 valence electrons. The normalized spacial score (nSPS) is 22.6. The summed E-state index contributed by atoms with van der Waals surface area (Å²) in [5.41, 5.74) is 6.97. The third-order valence-electron chi connectivity index (χ3n) is 4.08. The minimum atomic E-state index is -0.249. The van der Waals surface area contributed by atoms with Crippen molar-refractivity contribution in [1.29, 1.82) is 0 Å². The summed E-state index contributed by atoms with van der Waals surface area (Å²) < 4.78 is 19.0. The largest absolute Gasteiger partial charge is 0.494 e. The van der Waals surface area contributed by atoms with E-state index in [0.717, 1.165) is 13.1 Å². The Morgan fingerprint density at radius 2 is 2.17 bits per heavy atom. The fourth-order valence-corrected chi connectivity index (χ4v) is 2.89. The van der Waals surface area contributed by atoms with Gasteiger partial charge in [0, 0.05) is 30.7 Å². The second-order valence-electron chi connectivity index (χ2n) is 5.59. The monoisotopic (exact) mass is 250 g/mol. The van der Waals surface area contributed by atoms with Crippen LogP contribution in [0.1, 0.15) is 18.4 Å². The van der Waals surface area contributed by atoms with Crippen LogP contribution in [0.25, 0.3) is 0 Å². The van der Waals surface area contributed by atoms with Crippen molar-refractivity contribution in [2.75, 3.05) is 20.2 Å². The fourth-order valence-electron chi connectivity index (χ4n) is 2.89. The molecule has 18 heavy (non-hydrogen) atoms. The fraction of sp³-hybridized carbons (Fsp3) is 0.571. The van der Waals surface area contributed by atoms with Gasteiger partial charge in [-0.15, -0.1) is 0 Å². The number of hydrogen-bond acceptors (Lipinski definition) is 3. The second kappa shape index (κ2) is 4.21. The third-order valence-corrected chi connectivity index (χ3v) is 4.08. The third kappa shape index (κ3) is 1.99. The average Bonchev–Trinajstić information content (AvgIpc) is 3.13. The van der Waals surface area contributed by atoms with Gasteiger partial charge < -0.3 is 10.5 Å². The number of rotatable bonds is 4. The van der Waals surface area contributed by atoms with Crippen molar-refractivity contribution in [3.8, 4) is 5.75 Å². The highest BCUT2D eigenvalue weighted by Crippen LogP contribution is 2.43. The lowest BCUT2D eigenvalue weighted by molar-refractivity contribution is 0.0468. The Kier molecular flexibility index (Phi) is 2.79. The summed E-state index contributed by atoms with van der Waals surface area (Å²) in [5, 5.41) is 0. The van der Waals surface area contributed by atoms with Gasteiger partial charge in [-0.25, -0.2) is 4.39 Å². The SMILES string of the molecule is COc1cccc(CN2CC(N)(C3CC3)C2)c1F. The smallest absolute Gasteiger partial charge is 0.169 e. The molecule has 3 rings (SSSR count). The van der Waals surface area contributed by atoms with Crippen LogP contribution >= 0.6 is 0 Å². The van der Waals surface area contributed by atoms with Crippen molar-refractivity contribution < 1.29 is 9.13 Å². The molecular formula is C14H19FN2O. The number of nitrogens with two attached hydrogens (primary N) is 1. The minimum Gasteiger partial charge on any atom is -0.494 e. The first-order valence-electron chi connectivity index (χ1n) is 6.45. The summed E-state index contributed by atoms with van der Waals surface area (Å²) in [6.45, 7) is 2.39. The van der Waals surface area contributed by atoms with Gasteiger partial charge in [0.25, 0.3) is 0 Å². The minimum absolute atomic E-state index is 0.00462. The maximum Gasteiger partial charge on any atom is 0.169 e. The predicted octanol–water partition coefficient (Wildman–Crippen LogP) is 1.76. The zero-order chi connectivity index (χ0) is 12.8. The lowest BCUT2D eigenvalue weighted by atomic mass is 9.85. The number of methoxy groups -OCH3 is 1. The summed E-state index contributed by atoms with van der Waals surface area (Å²) in [6, 6.07) is 5.28. The van der Waals surface area contributed by atoms with Gasteiger partial charge in [-0.3, -0.25) is 4.90 Å². The molecule has 0 radical (unpaired) electrons. The van der Waals surface area contributed by atoms with E-state index >= 15 is 0 Å². The maximum atomic E-state index is 14.0. The molecule has 3 nitrogen and oxygen atoms in total. The Morgan fingerprint density at radius 3 is 2.78 bits per heavy atom. The molecule has 0 aromatic heterocycles. The van der Waals surface area contributed by atoms with Crippen LogP contribution in [0, 0.1) is 11.7 Å². The topological polar surface area (TPSA) is 38.5 Å². The van der Waals surface area contributed by atoms with Crippen molar-refractivity contribution in [2.24, 2.45) is 11.7 Å². The van der Waals surface area contributed by atoms with Crippen molar-refractivity contribution in [1.82, 2.24) is 4.90 Å². The molecule has 4 heteroatoms. The molecular weight excluding hydrogens is 231 g/mol. The molecule has 1 saturated heterocycles. The van der Waals surface area contributed by atoms with E-state index in [4.69, 9.17) is 10.5 Å². The highest BCUT2D eigenvalue weighted by molar-refractivity contribution is 5.31. The number of likely N-dealkylation sites (tertiary alicyclic amines) is 1. The van der Waals surface area contributed by atoms with Crippen LogP contribution in [-0.2, 0) is 6.54 Å². The predicted molar refractivity (Wildman–Crippen MR) is 67.9 cm³/mol. The van der Waals surface area contributed by atoms with Gasteiger partial charge in [0.15, 0.2) is 11.6 Å². The van der Waals surface area contributed by atoms with Gasteiger partial charge >= 0.3 is 0 Å². The first-order valence-corrected chi connectivity index (χ1v) is 6.45. The lowest BCUT2D eigenvalue weighted by Crippen LogP contribution is -2.68. The van der Waals surface area contributed by atoms with Gasteiger partial charge in [0.2, 0.25) is 0 Å².